The third-order valence-corrected chi connectivity index (χ3v) is 15.7. The molecular weight excluding hydrogens is 721 g/mol. The molecule has 4 aliphatic heterocycles. The minimum Gasteiger partial charge on any atom is -0.313 e. The molecule has 4 spiro atoms. The maximum absolute atomic E-state index is 15.5. The molecule has 0 saturated carbocycles. The molecule has 2 aliphatic carbocycles. The molecule has 2 fully saturated rings. The summed E-state index contributed by atoms with van der Waals surface area (Å²) in [7, 11) is 7.68. The summed E-state index contributed by atoms with van der Waals surface area (Å²) in [6.45, 7) is 1.04. The Bertz CT molecular complexity index is 2460. The molecule has 2 amide bonds. The van der Waals surface area contributed by atoms with Gasteiger partial charge in [0.1, 0.15) is 11.1 Å². The second-order valence-corrected chi connectivity index (χ2v) is 17.6. The molecule has 5 aromatic rings. The molecule has 8 nitrogen and oxygen atoms in total. The van der Waals surface area contributed by atoms with Gasteiger partial charge in [0.15, 0.2) is 11.6 Å². The van der Waals surface area contributed by atoms with Crippen molar-refractivity contribution < 1.29 is 19.2 Å². The van der Waals surface area contributed by atoms with Crippen LogP contribution in [-0.4, -0.2) is 74.5 Å². The van der Waals surface area contributed by atoms with Gasteiger partial charge in [-0.2, -0.15) is 0 Å². The Morgan fingerprint density at radius 2 is 0.828 bits per heavy atom. The largest absolute Gasteiger partial charge is 0.313 e. The van der Waals surface area contributed by atoms with Crippen LogP contribution < -0.4 is 9.80 Å². The number of likely N-dealkylation sites (N-methyl/N-ethyl adjacent to an activating group) is 4. The molecule has 0 bridgehead atoms. The number of ketones is 2. The first-order chi connectivity index (χ1) is 28.1. The molecule has 11 rings (SSSR count). The lowest BCUT2D eigenvalue weighted by atomic mass is 9.53. The highest BCUT2D eigenvalue weighted by Crippen LogP contribution is 2.69. The lowest BCUT2D eigenvalue weighted by Gasteiger charge is -2.49. The average molecular weight is 767 g/mol. The van der Waals surface area contributed by atoms with Crippen LogP contribution in [0.4, 0.5) is 11.4 Å². The van der Waals surface area contributed by atoms with Gasteiger partial charge in [-0.1, -0.05) is 109 Å². The molecule has 4 heterocycles. The lowest BCUT2D eigenvalue weighted by Crippen LogP contribution is -2.61. The van der Waals surface area contributed by atoms with E-state index in [1.807, 2.05) is 125 Å². The van der Waals surface area contributed by atoms with Crippen molar-refractivity contribution in [2.75, 3.05) is 51.1 Å². The molecule has 6 atom stereocenters. The second-order valence-electron chi connectivity index (χ2n) is 17.6. The number of para-hydroxylation sites is 2. The molecular formula is C50H46N4O4. The fraction of sp³-hybridized carbons (Fsp3) is 0.320. The number of amides is 2. The van der Waals surface area contributed by atoms with E-state index in [0.29, 0.717) is 49.9 Å². The summed E-state index contributed by atoms with van der Waals surface area (Å²) >= 11 is 0. The van der Waals surface area contributed by atoms with Crippen LogP contribution in [0.5, 0.6) is 0 Å². The van der Waals surface area contributed by atoms with Crippen LogP contribution >= 0.6 is 0 Å². The highest BCUT2D eigenvalue weighted by molar-refractivity contribution is 6.17. The van der Waals surface area contributed by atoms with Crippen LogP contribution in [0, 0.1) is 10.8 Å². The smallest absolute Gasteiger partial charge is 0.253 e. The summed E-state index contributed by atoms with van der Waals surface area (Å²) < 4.78 is 0. The average Bonchev–Trinajstić information content (AvgIpc) is 3.85. The number of aryl methyl sites for hydroxylation is 2. The molecule has 6 aliphatic rings. The number of benzene rings is 5. The monoisotopic (exact) mass is 766 g/mol. The van der Waals surface area contributed by atoms with Gasteiger partial charge in [-0.05, 0) is 74.2 Å². The number of anilines is 2. The molecule has 0 radical (unpaired) electrons. The first-order valence-electron chi connectivity index (χ1n) is 20.6. The van der Waals surface area contributed by atoms with E-state index in [2.05, 4.69) is 34.1 Å². The van der Waals surface area contributed by atoms with Crippen molar-refractivity contribution >= 4 is 34.8 Å². The number of fused-ring (bicyclic) bond motifs is 8. The minimum atomic E-state index is -1.18. The third-order valence-electron chi connectivity index (χ3n) is 15.7. The number of rotatable bonds is 2. The maximum Gasteiger partial charge on any atom is 0.253 e. The Labute approximate surface area is 339 Å². The molecule has 58 heavy (non-hydrogen) atoms. The van der Waals surface area contributed by atoms with Gasteiger partial charge >= 0.3 is 0 Å². The summed E-state index contributed by atoms with van der Waals surface area (Å²) in [4.78, 5) is 68.7. The Balaban J connectivity index is 1.08. The van der Waals surface area contributed by atoms with Crippen LogP contribution in [0.1, 0.15) is 78.8 Å². The summed E-state index contributed by atoms with van der Waals surface area (Å²) in [5, 5.41) is 0. The van der Waals surface area contributed by atoms with Crippen molar-refractivity contribution in [2.24, 2.45) is 10.8 Å². The Morgan fingerprint density at radius 1 is 0.466 bits per heavy atom. The van der Waals surface area contributed by atoms with Crippen LogP contribution in [0.2, 0.25) is 0 Å². The van der Waals surface area contributed by atoms with Crippen LogP contribution in [0.25, 0.3) is 0 Å². The van der Waals surface area contributed by atoms with E-state index in [1.165, 1.54) is 0 Å². The molecule has 0 unspecified atom stereocenters. The zero-order valence-electron chi connectivity index (χ0n) is 33.4. The quantitative estimate of drug-likeness (QED) is 0.191. The van der Waals surface area contributed by atoms with E-state index in [4.69, 9.17) is 0 Å². The lowest BCUT2D eigenvalue weighted by molar-refractivity contribution is -0.133. The Kier molecular flexibility index (Phi) is 7.29. The topological polar surface area (TPSA) is 81.2 Å². The zero-order valence-corrected chi connectivity index (χ0v) is 33.4. The van der Waals surface area contributed by atoms with Gasteiger partial charge in [-0.3, -0.25) is 29.0 Å². The maximum atomic E-state index is 15.5. The summed E-state index contributed by atoms with van der Waals surface area (Å²) in [6.07, 6.45) is 2.46. The van der Waals surface area contributed by atoms with E-state index >= 15 is 9.59 Å². The van der Waals surface area contributed by atoms with E-state index in [0.717, 1.165) is 44.8 Å². The van der Waals surface area contributed by atoms with Gasteiger partial charge in [0, 0.05) is 72.6 Å². The third kappa shape index (κ3) is 3.85. The van der Waals surface area contributed by atoms with Gasteiger partial charge in [-0.15, -0.1) is 0 Å². The summed E-state index contributed by atoms with van der Waals surface area (Å²) in [6, 6.07) is 40.3. The highest BCUT2D eigenvalue weighted by atomic mass is 16.2. The normalized spacial score (nSPS) is 31.2. The number of hydrogen-bond donors (Lipinski definition) is 0. The molecule has 2 saturated heterocycles. The van der Waals surface area contributed by atoms with Gasteiger partial charge in [0.2, 0.25) is 0 Å². The van der Waals surface area contributed by atoms with E-state index in [-0.39, 0.29) is 35.2 Å². The first-order valence-corrected chi connectivity index (χ1v) is 20.6. The summed E-state index contributed by atoms with van der Waals surface area (Å²) in [5.74, 6) is -0.652. The van der Waals surface area contributed by atoms with Crippen molar-refractivity contribution in [1.82, 2.24) is 9.80 Å². The standard InChI is InChI=1S/C50H46N4O4/c1-51-29-39(47(27-25-31-13-5-7-15-35(31)43(47)55)49(51)37-17-9-11-19-41(37)53(3)45(49)57)33-21-23-34(24-22-33)40-30-52(2)50(38-18-10-12-20-42(38)54(4)46(50)58)48(40)28-26-32-14-6-8-16-36(32)44(48)56/h5-24,39-40H,25-30H2,1-4H3/t39-,40+,47+,48-,49+,50-. The first kappa shape index (κ1) is 35.5. The fourth-order valence-corrected chi connectivity index (χ4v) is 13.4. The minimum absolute atomic E-state index is 0.0264. The number of carbonyl (C=O) groups is 4. The van der Waals surface area contributed by atoms with Crippen LogP contribution in [0.3, 0.4) is 0 Å². The molecule has 0 aromatic heterocycles. The SMILES string of the molecule is CN1C(=O)[C@]2(c3ccccc31)N(C)C[C@H](c1ccc([C@@H]3CN(C)[C@]4(C(=O)N(C)c5ccccc54)[C@]34CCc3ccccc3C4=O)cc1)[C@]21CCc2ccccc2C1=O. The van der Waals surface area contributed by atoms with Crippen molar-refractivity contribution in [3.05, 3.63) is 166 Å². The number of nitrogens with zero attached hydrogens (tertiary/aromatic N) is 4. The van der Waals surface area contributed by atoms with Crippen molar-refractivity contribution in [3.63, 3.8) is 0 Å². The summed E-state index contributed by atoms with van der Waals surface area (Å²) in [5.41, 5.74) is 4.43. The number of likely N-dealkylation sites (tertiary alicyclic amines) is 2. The van der Waals surface area contributed by atoms with E-state index in [1.54, 1.807) is 9.80 Å². The van der Waals surface area contributed by atoms with Gasteiger partial charge in [0.25, 0.3) is 11.8 Å². The number of hydrogen-bond acceptors (Lipinski definition) is 6. The fourth-order valence-electron chi connectivity index (χ4n) is 13.4. The van der Waals surface area contributed by atoms with E-state index < -0.39 is 21.9 Å². The number of carbonyl (C=O) groups excluding carboxylic acids is 4. The molecule has 5 aromatic carbocycles. The molecule has 290 valence electrons. The van der Waals surface area contributed by atoms with E-state index in [9.17, 15) is 9.59 Å². The van der Waals surface area contributed by atoms with Crippen LogP contribution in [0.15, 0.2) is 121 Å². The van der Waals surface area contributed by atoms with Gasteiger partial charge < -0.3 is 9.80 Å². The Hall–Kier alpha value is -5.70. The van der Waals surface area contributed by atoms with Crippen molar-refractivity contribution in [2.45, 2.75) is 48.6 Å². The predicted octanol–water partition coefficient (Wildman–Crippen LogP) is 7.12. The highest BCUT2D eigenvalue weighted by Gasteiger charge is 2.76. The zero-order chi connectivity index (χ0) is 39.9. The predicted molar refractivity (Wildman–Crippen MR) is 223 cm³/mol. The van der Waals surface area contributed by atoms with Gasteiger partial charge in [0.05, 0.1) is 10.8 Å². The molecule has 0 N–H and O–H groups in total. The second kappa shape index (κ2) is 11.9. The van der Waals surface area contributed by atoms with Gasteiger partial charge in [-0.25, -0.2) is 0 Å². The van der Waals surface area contributed by atoms with Crippen LogP contribution in [-0.2, 0) is 33.5 Å². The number of Topliss-reactive ketones (excluding diaryl/α,β-unsaturated/α-hetero) is 2. The van der Waals surface area contributed by atoms with Crippen molar-refractivity contribution in [3.8, 4) is 0 Å². The van der Waals surface area contributed by atoms with Crippen molar-refractivity contribution in [1.29, 1.82) is 0 Å². The Morgan fingerprint density at radius 3 is 1.24 bits per heavy atom. The molecule has 8 heteroatoms.